The molecule has 2 rings (SSSR count). The van der Waals surface area contributed by atoms with Crippen LogP contribution in [0.15, 0.2) is 32.3 Å². The molecule has 1 aliphatic rings. The number of phenols is 1. The van der Waals surface area contributed by atoms with Crippen molar-refractivity contribution in [1.29, 1.82) is 0 Å². The average molecular weight is 420 g/mol. The normalized spacial score (nSPS) is 18.6. The van der Waals surface area contributed by atoms with Gasteiger partial charge in [-0.2, -0.15) is 0 Å². The van der Waals surface area contributed by atoms with E-state index >= 15 is 0 Å². The van der Waals surface area contributed by atoms with Gasteiger partial charge in [-0.05, 0) is 54.1 Å². The first-order valence-electron chi connectivity index (χ1n) is 5.78. The van der Waals surface area contributed by atoms with Gasteiger partial charge in [0, 0.05) is 21.3 Å². The zero-order valence-electron chi connectivity index (χ0n) is 10.8. The highest BCUT2D eigenvalue weighted by Gasteiger charge is 2.30. The molecular weight excluding hydrogens is 408 g/mol. The first kappa shape index (κ1) is 15.5. The molecule has 20 heavy (non-hydrogen) atoms. The summed E-state index contributed by atoms with van der Waals surface area (Å²) in [4.78, 5) is 11.9. The molecule has 7 heteroatoms. The number of ketones is 1. The Bertz CT molecular complexity index is 644. The largest absolute Gasteiger partial charge is 0.506 e. The van der Waals surface area contributed by atoms with Gasteiger partial charge in [-0.25, -0.2) is 0 Å². The lowest BCUT2D eigenvalue weighted by atomic mass is 9.92. The number of hydrogen-bond acceptors (Lipinski definition) is 3. The summed E-state index contributed by atoms with van der Waals surface area (Å²) in [6.07, 6.45) is 0. The number of carbonyl (C=O) groups excluding carboxylic acids is 1. The van der Waals surface area contributed by atoms with Crippen LogP contribution in [-0.2, 0) is 4.79 Å². The van der Waals surface area contributed by atoms with Crippen LogP contribution < -0.4 is 10.6 Å². The summed E-state index contributed by atoms with van der Waals surface area (Å²) in [5.41, 5.74) is 1.83. The van der Waals surface area contributed by atoms with Crippen molar-refractivity contribution in [2.75, 3.05) is 0 Å². The van der Waals surface area contributed by atoms with Gasteiger partial charge >= 0.3 is 0 Å². The second kappa shape index (κ2) is 5.83. The third kappa shape index (κ3) is 2.89. The van der Waals surface area contributed by atoms with Crippen LogP contribution in [0.4, 0.5) is 0 Å². The SMILES string of the molecule is CC(=O)C1=C(C)NC(=S)NC1c1cc(Br)cc(Br)c1O. The molecule has 1 aliphatic heterocycles. The minimum Gasteiger partial charge on any atom is -0.506 e. The number of rotatable bonds is 2. The van der Waals surface area contributed by atoms with Crippen LogP contribution in [-0.4, -0.2) is 16.0 Å². The number of Topliss-reactive ketones (excluding diaryl/α,β-unsaturated/α-hetero) is 1. The van der Waals surface area contributed by atoms with E-state index in [-0.39, 0.29) is 11.5 Å². The van der Waals surface area contributed by atoms with Gasteiger partial charge in [0.25, 0.3) is 0 Å². The van der Waals surface area contributed by atoms with Crippen LogP contribution in [0.5, 0.6) is 5.75 Å². The van der Waals surface area contributed by atoms with Gasteiger partial charge in [0.2, 0.25) is 0 Å². The molecule has 1 unspecified atom stereocenters. The summed E-state index contributed by atoms with van der Waals surface area (Å²) in [7, 11) is 0. The van der Waals surface area contributed by atoms with E-state index in [0.717, 1.165) is 4.47 Å². The van der Waals surface area contributed by atoms with Crippen LogP contribution in [0.2, 0.25) is 0 Å². The number of allylic oxidation sites excluding steroid dienone is 1. The molecular formula is C13H12Br2N2O2S. The molecule has 4 nitrogen and oxygen atoms in total. The van der Waals surface area contributed by atoms with Crippen molar-refractivity contribution in [3.05, 3.63) is 37.9 Å². The molecule has 1 atom stereocenters. The second-order valence-electron chi connectivity index (χ2n) is 4.45. The Kier molecular flexibility index (Phi) is 4.51. The number of halogens is 2. The van der Waals surface area contributed by atoms with Crippen molar-refractivity contribution in [3.8, 4) is 5.75 Å². The Hall–Kier alpha value is -0.920. The lowest BCUT2D eigenvalue weighted by molar-refractivity contribution is -0.114. The highest BCUT2D eigenvalue weighted by atomic mass is 79.9. The van der Waals surface area contributed by atoms with Crippen LogP contribution in [0.3, 0.4) is 0 Å². The number of benzene rings is 1. The van der Waals surface area contributed by atoms with Gasteiger partial charge < -0.3 is 15.7 Å². The number of hydrogen-bond donors (Lipinski definition) is 3. The highest BCUT2D eigenvalue weighted by molar-refractivity contribution is 9.11. The molecule has 0 aliphatic carbocycles. The van der Waals surface area contributed by atoms with E-state index < -0.39 is 6.04 Å². The zero-order valence-corrected chi connectivity index (χ0v) is 14.7. The van der Waals surface area contributed by atoms with Gasteiger partial charge in [0.1, 0.15) is 5.75 Å². The quantitative estimate of drug-likeness (QED) is 0.642. The van der Waals surface area contributed by atoms with Crippen molar-refractivity contribution >= 4 is 55.0 Å². The smallest absolute Gasteiger partial charge is 0.171 e. The number of aromatic hydroxyl groups is 1. The minimum atomic E-state index is -0.477. The molecule has 0 saturated carbocycles. The fraction of sp³-hybridized carbons (Fsp3) is 0.231. The Morgan fingerprint density at radius 2 is 2.05 bits per heavy atom. The number of carbonyl (C=O) groups is 1. The lowest BCUT2D eigenvalue weighted by Gasteiger charge is -2.30. The highest BCUT2D eigenvalue weighted by Crippen LogP contribution is 2.39. The number of nitrogens with one attached hydrogen (secondary N) is 2. The molecule has 0 fully saturated rings. The van der Waals surface area contributed by atoms with Crippen LogP contribution in [0, 0.1) is 0 Å². The van der Waals surface area contributed by atoms with E-state index in [2.05, 4.69) is 42.5 Å². The van der Waals surface area contributed by atoms with E-state index in [1.54, 1.807) is 19.1 Å². The summed E-state index contributed by atoms with van der Waals surface area (Å²) in [6.45, 7) is 3.29. The maximum absolute atomic E-state index is 11.9. The van der Waals surface area contributed by atoms with Gasteiger partial charge in [0.15, 0.2) is 10.9 Å². The van der Waals surface area contributed by atoms with Crippen molar-refractivity contribution in [2.24, 2.45) is 0 Å². The Morgan fingerprint density at radius 1 is 1.40 bits per heavy atom. The maximum atomic E-state index is 11.9. The third-order valence-corrected chi connectivity index (χ3v) is 4.30. The molecule has 0 saturated heterocycles. The molecule has 106 valence electrons. The average Bonchev–Trinajstić information content (AvgIpc) is 2.32. The maximum Gasteiger partial charge on any atom is 0.171 e. The molecule has 3 N–H and O–H groups in total. The molecule has 1 heterocycles. The molecule has 0 bridgehead atoms. The predicted octanol–water partition coefficient (Wildman–Crippen LogP) is 3.30. The van der Waals surface area contributed by atoms with Crippen LogP contribution >= 0.6 is 44.1 Å². The van der Waals surface area contributed by atoms with Gasteiger partial charge in [-0.3, -0.25) is 4.79 Å². The van der Waals surface area contributed by atoms with Crippen LogP contribution in [0.1, 0.15) is 25.5 Å². The first-order chi connectivity index (χ1) is 9.31. The van der Waals surface area contributed by atoms with Crippen molar-refractivity contribution in [3.63, 3.8) is 0 Å². The number of thiocarbonyl (C=S) groups is 1. The monoisotopic (exact) mass is 418 g/mol. The van der Waals surface area contributed by atoms with E-state index in [4.69, 9.17) is 12.2 Å². The molecule has 0 spiro atoms. The Labute approximate surface area is 138 Å². The van der Waals surface area contributed by atoms with Gasteiger partial charge in [-0.15, -0.1) is 0 Å². The van der Waals surface area contributed by atoms with E-state index in [0.29, 0.717) is 26.4 Å². The fourth-order valence-corrected chi connectivity index (χ4v) is 3.73. The summed E-state index contributed by atoms with van der Waals surface area (Å²) < 4.78 is 1.35. The summed E-state index contributed by atoms with van der Waals surface area (Å²) in [6, 6.07) is 3.03. The Balaban J connectivity index is 2.63. The summed E-state index contributed by atoms with van der Waals surface area (Å²) in [5, 5.41) is 16.6. The van der Waals surface area contributed by atoms with Crippen molar-refractivity contribution < 1.29 is 9.90 Å². The van der Waals surface area contributed by atoms with E-state index in [1.165, 1.54) is 6.92 Å². The van der Waals surface area contributed by atoms with Crippen LogP contribution in [0.25, 0.3) is 0 Å². The lowest BCUT2D eigenvalue weighted by Crippen LogP contribution is -2.44. The van der Waals surface area contributed by atoms with E-state index in [9.17, 15) is 9.90 Å². The molecule has 1 aromatic carbocycles. The second-order valence-corrected chi connectivity index (χ2v) is 6.63. The van der Waals surface area contributed by atoms with Crippen molar-refractivity contribution in [1.82, 2.24) is 10.6 Å². The van der Waals surface area contributed by atoms with Crippen molar-refractivity contribution in [2.45, 2.75) is 19.9 Å². The fourth-order valence-electron chi connectivity index (χ4n) is 2.20. The molecule has 1 aromatic rings. The van der Waals surface area contributed by atoms with Gasteiger partial charge in [-0.1, -0.05) is 15.9 Å². The number of phenolic OH excluding ortho intramolecular Hbond substituents is 1. The van der Waals surface area contributed by atoms with E-state index in [1.807, 2.05) is 0 Å². The first-order valence-corrected chi connectivity index (χ1v) is 7.77. The minimum absolute atomic E-state index is 0.0782. The third-order valence-electron chi connectivity index (χ3n) is 3.02. The predicted molar refractivity (Wildman–Crippen MR) is 88.5 cm³/mol. The Morgan fingerprint density at radius 3 is 2.65 bits per heavy atom. The molecule has 0 aromatic heterocycles. The zero-order chi connectivity index (χ0) is 15.0. The van der Waals surface area contributed by atoms with Gasteiger partial charge in [0.05, 0.1) is 10.5 Å². The molecule has 0 radical (unpaired) electrons. The summed E-state index contributed by atoms with van der Waals surface area (Å²) in [5.74, 6) is 0.00690. The molecule has 0 amide bonds. The topological polar surface area (TPSA) is 61.4 Å². The standard InChI is InChI=1S/C13H12Br2N2O2S/c1-5-10(6(2)18)11(17-13(20)16-5)8-3-7(14)4-9(15)12(8)19/h3-4,11,19H,1-2H3,(H2,16,17,20). The summed E-state index contributed by atoms with van der Waals surface area (Å²) >= 11 is 11.8.